The number of hydrogen-bond acceptors (Lipinski definition) is 7. The standard InChI is InChI=1S/C18H24N4O4/c1-13-5-6-14(10-19-13)18(23)22-8-3-4-15(11-22)25-9-7-16-20-17(12-24-2)26-21-16/h5-6,10,15H,3-4,7-9,11-12H2,1-2H3. The number of hydrogen-bond donors (Lipinski definition) is 0. The summed E-state index contributed by atoms with van der Waals surface area (Å²) in [4.78, 5) is 22.9. The SMILES string of the molecule is COCc1nc(CCOC2CCCN(C(=O)c3ccc(C)nc3)C2)no1. The van der Waals surface area contributed by atoms with Crippen molar-refractivity contribution in [2.75, 3.05) is 26.8 Å². The number of carbonyl (C=O) groups excluding carboxylic acids is 1. The molecule has 1 atom stereocenters. The number of likely N-dealkylation sites (tertiary alicyclic amines) is 1. The van der Waals surface area contributed by atoms with Gasteiger partial charge in [0.1, 0.15) is 6.61 Å². The van der Waals surface area contributed by atoms with Gasteiger partial charge in [-0.25, -0.2) is 0 Å². The molecule has 0 spiro atoms. The Morgan fingerprint density at radius 2 is 2.31 bits per heavy atom. The first-order valence-electron chi connectivity index (χ1n) is 8.79. The van der Waals surface area contributed by atoms with E-state index >= 15 is 0 Å². The molecule has 1 aliphatic rings. The first-order valence-corrected chi connectivity index (χ1v) is 8.79. The summed E-state index contributed by atoms with van der Waals surface area (Å²) in [5, 5.41) is 3.89. The number of nitrogens with zero attached hydrogens (tertiary/aromatic N) is 4. The molecule has 3 heterocycles. The molecular weight excluding hydrogens is 336 g/mol. The zero-order chi connectivity index (χ0) is 18.4. The van der Waals surface area contributed by atoms with Gasteiger partial charge in [0.05, 0.1) is 18.3 Å². The number of amides is 1. The summed E-state index contributed by atoms with van der Waals surface area (Å²) in [6.45, 7) is 4.04. The molecule has 0 bridgehead atoms. The molecule has 8 nitrogen and oxygen atoms in total. The Bertz CT molecular complexity index is 716. The van der Waals surface area contributed by atoms with E-state index in [-0.39, 0.29) is 12.0 Å². The van der Waals surface area contributed by atoms with Crippen LogP contribution in [0, 0.1) is 6.92 Å². The largest absolute Gasteiger partial charge is 0.376 e. The number of piperidine rings is 1. The van der Waals surface area contributed by atoms with Crippen LogP contribution in [0.25, 0.3) is 0 Å². The summed E-state index contributed by atoms with van der Waals surface area (Å²) < 4.78 is 15.9. The van der Waals surface area contributed by atoms with Gasteiger partial charge < -0.3 is 18.9 Å². The van der Waals surface area contributed by atoms with Crippen molar-refractivity contribution in [1.29, 1.82) is 0 Å². The Kier molecular flexibility index (Phi) is 6.30. The number of methoxy groups -OCH3 is 1. The third-order valence-electron chi connectivity index (χ3n) is 4.28. The smallest absolute Gasteiger partial charge is 0.255 e. The Hall–Kier alpha value is -2.32. The van der Waals surface area contributed by atoms with E-state index in [0.29, 0.717) is 43.5 Å². The fraction of sp³-hybridized carbons (Fsp3) is 0.556. The van der Waals surface area contributed by atoms with E-state index < -0.39 is 0 Å². The average Bonchev–Trinajstić information content (AvgIpc) is 3.10. The van der Waals surface area contributed by atoms with Crippen molar-refractivity contribution in [2.24, 2.45) is 0 Å². The third kappa shape index (κ3) is 4.86. The van der Waals surface area contributed by atoms with Crippen molar-refractivity contribution < 1.29 is 18.8 Å². The molecule has 0 aliphatic carbocycles. The monoisotopic (exact) mass is 360 g/mol. The average molecular weight is 360 g/mol. The van der Waals surface area contributed by atoms with Gasteiger partial charge in [-0.1, -0.05) is 5.16 Å². The van der Waals surface area contributed by atoms with Gasteiger partial charge in [-0.3, -0.25) is 9.78 Å². The molecule has 1 unspecified atom stereocenters. The maximum atomic E-state index is 12.6. The van der Waals surface area contributed by atoms with Crippen molar-refractivity contribution in [3.8, 4) is 0 Å². The highest BCUT2D eigenvalue weighted by molar-refractivity contribution is 5.94. The fourth-order valence-corrected chi connectivity index (χ4v) is 2.93. The van der Waals surface area contributed by atoms with Gasteiger partial charge in [-0.15, -0.1) is 0 Å². The minimum absolute atomic E-state index is 0.00757. The van der Waals surface area contributed by atoms with Crippen LogP contribution in [0.15, 0.2) is 22.9 Å². The Balaban J connectivity index is 1.47. The van der Waals surface area contributed by atoms with E-state index in [1.54, 1.807) is 13.3 Å². The molecule has 0 radical (unpaired) electrons. The van der Waals surface area contributed by atoms with Crippen LogP contribution in [0.4, 0.5) is 0 Å². The van der Waals surface area contributed by atoms with Crippen LogP contribution < -0.4 is 0 Å². The Morgan fingerprint density at radius 1 is 1.42 bits per heavy atom. The van der Waals surface area contributed by atoms with Crippen molar-refractivity contribution in [3.63, 3.8) is 0 Å². The summed E-state index contributed by atoms with van der Waals surface area (Å²) >= 11 is 0. The van der Waals surface area contributed by atoms with Gasteiger partial charge in [0.15, 0.2) is 5.82 Å². The molecular formula is C18H24N4O4. The van der Waals surface area contributed by atoms with Gasteiger partial charge in [0.25, 0.3) is 11.8 Å². The molecule has 140 valence electrons. The van der Waals surface area contributed by atoms with Gasteiger partial charge in [0, 0.05) is 38.5 Å². The predicted molar refractivity (Wildman–Crippen MR) is 92.6 cm³/mol. The van der Waals surface area contributed by atoms with E-state index in [0.717, 1.165) is 25.1 Å². The second-order valence-electron chi connectivity index (χ2n) is 6.36. The van der Waals surface area contributed by atoms with Crippen LogP contribution in [0.5, 0.6) is 0 Å². The van der Waals surface area contributed by atoms with E-state index in [4.69, 9.17) is 14.0 Å². The van der Waals surface area contributed by atoms with E-state index in [2.05, 4.69) is 15.1 Å². The molecule has 2 aromatic rings. The van der Waals surface area contributed by atoms with E-state index in [9.17, 15) is 4.79 Å². The lowest BCUT2D eigenvalue weighted by atomic mass is 10.1. The third-order valence-corrected chi connectivity index (χ3v) is 4.28. The van der Waals surface area contributed by atoms with Crippen LogP contribution in [-0.2, 0) is 22.5 Å². The van der Waals surface area contributed by atoms with E-state index in [1.165, 1.54) is 0 Å². The predicted octanol–water partition coefficient (Wildman–Crippen LogP) is 1.78. The molecule has 1 amide bonds. The maximum Gasteiger partial charge on any atom is 0.255 e. The highest BCUT2D eigenvalue weighted by Gasteiger charge is 2.25. The maximum absolute atomic E-state index is 12.6. The molecule has 26 heavy (non-hydrogen) atoms. The lowest BCUT2D eigenvalue weighted by Crippen LogP contribution is -2.43. The first kappa shape index (κ1) is 18.5. The number of aryl methyl sites for hydroxylation is 1. The summed E-state index contributed by atoms with van der Waals surface area (Å²) in [5.41, 5.74) is 1.52. The number of aromatic nitrogens is 3. The first-order chi connectivity index (χ1) is 12.7. The van der Waals surface area contributed by atoms with Crippen molar-refractivity contribution in [1.82, 2.24) is 20.0 Å². The van der Waals surface area contributed by atoms with Gasteiger partial charge in [-0.2, -0.15) is 4.98 Å². The number of pyridine rings is 1. The molecule has 1 saturated heterocycles. The van der Waals surface area contributed by atoms with Crippen molar-refractivity contribution in [3.05, 3.63) is 41.3 Å². The zero-order valence-electron chi connectivity index (χ0n) is 15.2. The molecule has 3 rings (SSSR count). The van der Waals surface area contributed by atoms with Crippen molar-refractivity contribution >= 4 is 5.91 Å². The summed E-state index contributed by atoms with van der Waals surface area (Å²) in [6, 6.07) is 3.68. The van der Waals surface area contributed by atoms with Crippen LogP contribution in [0.3, 0.4) is 0 Å². The summed E-state index contributed by atoms with van der Waals surface area (Å²) in [6.07, 6.45) is 4.10. The molecule has 1 fully saturated rings. The van der Waals surface area contributed by atoms with Gasteiger partial charge >= 0.3 is 0 Å². The molecule has 8 heteroatoms. The quantitative estimate of drug-likeness (QED) is 0.743. The highest BCUT2D eigenvalue weighted by Crippen LogP contribution is 2.16. The summed E-state index contributed by atoms with van der Waals surface area (Å²) in [5.74, 6) is 1.07. The van der Waals surface area contributed by atoms with E-state index in [1.807, 2.05) is 24.0 Å². The Morgan fingerprint density at radius 3 is 3.08 bits per heavy atom. The highest BCUT2D eigenvalue weighted by atomic mass is 16.5. The Labute approximate surface area is 152 Å². The fourth-order valence-electron chi connectivity index (χ4n) is 2.93. The topological polar surface area (TPSA) is 90.6 Å². The lowest BCUT2D eigenvalue weighted by Gasteiger charge is -2.32. The van der Waals surface area contributed by atoms with Crippen LogP contribution in [0.2, 0.25) is 0 Å². The van der Waals surface area contributed by atoms with Crippen LogP contribution >= 0.6 is 0 Å². The van der Waals surface area contributed by atoms with Gasteiger partial charge in [-0.05, 0) is 31.9 Å². The van der Waals surface area contributed by atoms with Crippen LogP contribution in [-0.4, -0.2) is 58.8 Å². The summed E-state index contributed by atoms with van der Waals surface area (Å²) in [7, 11) is 1.58. The second-order valence-corrected chi connectivity index (χ2v) is 6.36. The number of rotatable bonds is 7. The second kappa shape index (κ2) is 8.86. The minimum Gasteiger partial charge on any atom is -0.376 e. The zero-order valence-corrected chi connectivity index (χ0v) is 15.2. The molecule has 2 aromatic heterocycles. The lowest BCUT2D eigenvalue weighted by molar-refractivity contribution is 0.00250. The molecule has 0 aromatic carbocycles. The normalized spacial score (nSPS) is 17.5. The number of carbonyl (C=O) groups is 1. The minimum atomic E-state index is 0.00757. The van der Waals surface area contributed by atoms with Crippen molar-refractivity contribution in [2.45, 2.75) is 38.9 Å². The molecule has 1 aliphatic heterocycles. The molecule has 0 saturated carbocycles. The van der Waals surface area contributed by atoms with Crippen LogP contribution in [0.1, 0.15) is 40.6 Å². The molecule has 0 N–H and O–H groups in total. The number of ether oxygens (including phenoxy) is 2. The van der Waals surface area contributed by atoms with Gasteiger partial charge in [0.2, 0.25) is 0 Å².